The number of ketones is 1. The number of ether oxygens (including phenoxy) is 1. The highest BCUT2D eigenvalue weighted by Crippen LogP contribution is 2.41. The first-order valence-corrected chi connectivity index (χ1v) is 10.5. The van der Waals surface area contributed by atoms with Crippen molar-refractivity contribution in [2.24, 2.45) is 0 Å². The maximum atomic E-state index is 13.1. The van der Waals surface area contributed by atoms with Crippen molar-refractivity contribution in [3.8, 4) is 5.75 Å². The molecule has 7 heteroatoms. The Morgan fingerprint density at radius 1 is 1.06 bits per heavy atom. The molecule has 2 heterocycles. The number of Topliss-reactive ketones (excluding diaryl/α,β-unsaturated/α-hetero) is 1. The molecule has 156 valence electrons. The second kappa shape index (κ2) is 8.73. The number of carbonyl (C=O) groups is 2. The summed E-state index contributed by atoms with van der Waals surface area (Å²) in [5, 5.41) is 11.1. The number of anilines is 1. The molecule has 31 heavy (non-hydrogen) atoms. The van der Waals surface area contributed by atoms with E-state index >= 15 is 0 Å². The molecular weight excluding hydrogens is 460 g/mol. The maximum Gasteiger partial charge on any atom is 0.301 e. The molecule has 1 aromatic heterocycles. The number of rotatable bonds is 5. The third-order valence-corrected chi connectivity index (χ3v) is 5.43. The van der Waals surface area contributed by atoms with Crippen LogP contribution < -0.4 is 9.64 Å². The lowest BCUT2D eigenvalue weighted by molar-refractivity contribution is -0.132. The van der Waals surface area contributed by atoms with E-state index in [1.165, 1.54) is 4.90 Å². The van der Waals surface area contributed by atoms with Gasteiger partial charge in [-0.05, 0) is 64.8 Å². The van der Waals surface area contributed by atoms with Crippen LogP contribution in [0.2, 0.25) is 0 Å². The average molecular weight is 479 g/mol. The SMILES string of the molecule is CCOc1ccc(/C(O)=C2\C(=O)C(=O)N(c3ccc(Br)cn3)[C@H]2c2ccccc2)cc1. The van der Waals surface area contributed by atoms with Gasteiger partial charge in [-0.15, -0.1) is 0 Å². The topological polar surface area (TPSA) is 79.7 Å². The zero-order valence-electron chi connectivity index (χ0n) is 16.7. The van der Waals surface area contributed by atoms with Crippen LogP contribution in [0.25, 0.3) is 5.76 Å². The van der Waals surface area contributed by atoms with E-state index in [1.807, 2.05) is 37.3 Å². The van der Waals surface area contributed by atoms with Gasteiger partial charge >= 0.3 is 5.91 Å². The Kier molecular flexibility index (Phi) is 5.86. The van der Waals surface area contributed by atoms with Crippen LogP contribution in [0.15, 0.2) is 83.0 Å². The quantitative estimate of drug-likeness (QED) is 0.321. The van der Waals surface area contributed by atoms with Crippen LogP contribution in [0.4, 0.5) is 5.82 Å². The zero-order valence-corrected chi connectivity index (χ0v) is 18.2. The Hall–Kier alpha value is -3.45. The Labute approximate surface area is 187 Å². The van der Waals surface area contributed by atoms with E-state index in [2.05, 4.69) is 20.9 Å². The van der Waals surface area contributed by atoms with Gasteiger partial charge in [-0.25, -0.2) is 4.98 Å². The van der Waals surface area contributed by atoms with E-state index in [0.29, 0.717) is 29.3 Å². The zero-order chi connectivity index (χ0) is 22.0. The molecule has 1 atom stereocenters. The Morgan fingerprint density at radius 3 is 2.39 bits per heavy atom. The third kappa shape index (κ3) is 3.96. The van der Waals surface area contributed by atoms with Gasteiger partial charge in [0.05, 0.1) is 18.2 Å². The minimum absolute atomic E-state index is 0.0186. The van der Waals surface area contributed by atoms with E-state index in [9.17, 15) is 14.7 Å². The normalized spacial score (nSPS) is 17.7. The first-order chi connectivity index (χ1) is 15.0. The van der Waals surface area contributed by atoms with Crippen molar-refractivity contribution < 1.29 is 19.4 Å². The summed E-state index contributed by atoms with van der Waals surface area (Å²) >= 11 is 3.33. The van der Waals surface area contributed by atoms with Gasteiger partial charge in [0, 0.05) is 16.2 Å². The van der Waals surface area contributed by atoms with Crippen LogP contribution in [-0.2, 0) is 9.59 Å². The van der Waals surface area contributed by atoms with Crippen LogP contribution in [0.1, 0.15) is 24.1 Å². The molecule has 2 aromatic carbocycles. The summed E-state index contributed by atoms with van der Waals surface area (Å²) in [7, 11) is 0. The van der Waals surface area contributed by atoms with Crippen LogP contribution in [0, 0.1) is 0 Å². The second-order valence-corrected chi connectivity index (χ2v) is 7.79. The van der Waals surface area contributed by atoms with Gasteiger partial charge in [-0.2, -0.15) is 0 Å². The molecule has 0 saturated carbocycles. The van der Waals surface area contributed by atoms with Crippen molar-refractivity contribution in [3.05, 3.63) is 94.1 Å². The van der Waals surface area contributed by atoms with Crippen LogP contribution in [0.5, 0.6) is 5.75 Å². The highest BCUT2D eigenvalue weighted by molar-refractivity contribution is 9.10. The second-order valence-electron chi connectivity index (χ2n) is 6.87. The fourth-order valence-electron chi connectivity index (χ4n) is 3.56. The number of pyridine rings is 1. The summed E-state index contributed by atoms with van der Waals surface area (Å²) < 4.78 is 6.19. The number of aliphatic hydroxyl groups is 1. The molecule has 1 saturated heterocycles. The molecule has 1 fully saturated rings. The highest BCUT2D eigenvalue weighted by atomic mass is 79.9. The Bertz CT molecular complexity index is 1140. The van der Waals surface area contributed by atoms with E-state index in [1.54, 1.807) is 42.6 Å². The number of nitrogens with zero attached hydrogens (tertiary/aromatic N) is 2. The number of hydrogen-bond donors (Lipinski definition) is 1. The summed E-state index contributed by atoms with van der Waals surface area (Å²) in [6.07, 6.45) is 1.56. The minimum atomic E-state index is -0.804. The number of aliphatic hydroxyl groups excluding tert-OH is 1. The Balaban J connectivity index is 1.87. The summed E-state index contributed by atoms with van der Waals surface area (Å²) in [5.74, 6) is -0.765. The maximum absolute atomic E-state index is 13.1. The lowest BCUT2D eigenvalue weighted by atomic mass is 9.95. The lowest BCUT2D eigenvalue weighted by Gasteiger charge is -2.24. The Morgan fingerprint density at radius 2 is 1.77 bits per heavy atom. The van der Waals surface area contributed by atoms with E-state index < -0.39 is 17.7 Å². The van der Waals surface area contributed by atoms with Crippen molar-refractivity contribution in [2.75, 3.05) is 11.5 Å². The first-order valence-electron chi connectivity index (χ1n) is 9.72. The molecule has 0 aliphatic carbocycles. The predicted molar refractivity (Wildman–Crippen MR) is 121 cm³/mol. The van der Waals surface area contributed by atoms with E-state index in [-0.39, 0.29) is 11.3 Å². The predicted octanol–water partition coefficient (Wildman–Crippen LogP) is 4.87. The number of amides is 1. The molecular formula is C24H19BrN2O4. The van der Waals surface area contributed by atoms with Gasteiger partial charge in [-0.1, -0.05) is 30.3 Å². The summed E-state index contributed by atoms with van der Waals surface area (Å²) in [6, 6.07) is 18.5. The van der Waals surface area contributed by atoms with Gasteiger partial charge < -0.3 is 9.84 Å². The fraction of sp³-hybridized carbons (Fsp3) is 0.125. The van der Waals surface area contributed by atoms with E-state index in [4.69, 9.17) is 4.74 Å². The smallest absolute Gasteiger partial charge is 0.301 e. The highest BCUT2D eigenvalue weighted by Gasteiger charge is 2.47. The molecule has 1 aliphatic rings. The standard InChI is InChI=1S/C24H19BrN2O4/c1-2-31-18-11-8-16(9-12-18)22(28)20-21(15-6-4-3-5-7-15)27(24(30)23(20)29)19-13-10-17(25)14-26-19/h3-14,21,28H,2H2,1H3/b22-20+/t21-/m0/s1. The summed E-state index contributed by atoms with van der Waals surface area (Å²) in [6.45, 7) is 2.40. The molecule has 0 radical (unpaired) electrons. The third-order valence-electron chi connectivity index (χ3n) is 4.96. The van der Waals surface area contributed by atoms with Gasteiger partial charge in [0.25, 0.3) is 5.78 Å². The fourth-order valence-corrected chi connectivity index (χ4v) is 3.80. The summed E-state index contributed by atoms with van der Waals surface area (Å²) in [5.41, 5.74) is 1.13. The first kappa shape index (κ1) is 20.8. The number of aromatic nitrogens is 1. The molecule has 0 unspecified atom stereocenters. The van der Waals surface area contributed by atoms with Gasteiger partial charge in [0.2, 0.25) is 0 Å². The lowest BCUT2D eigenvalue weighted by Crippen LogP contribution is -2.30. The van der Waals surface area contributed by atoms with Gasteiger partial charge in [0.15, 0.2) is 0 Å². The average Bonchev–Trinajstić information content (AvgIpc) is 3.06. The van der Waals surface area contributed by atoms with Crippen molar-refractivity contribution in [3.63, 3.8) is 0 Å². The molecule has 0 bridgehead atoms. The van der Waals surface area contributed by atoms with Crippen molar-refractivity contribution in [2.45, 2.75) is 13.0 Å². The van der Waals surface area contributed by atoms with Crippen LogP contribution >= 0.6 is 15.9 Å². The van der Waals surface area contributed by atoms with Crippen LogP contribution in [-0.4, -0.2) is 28.4 Å². The molecule has 1 N–H and O–H groups in total. The number of halogens is 1. The molecule has 6 nitrogen and oxygen atoms in total. The number of hydrogen-bond acceptors (Lipinski definition) is 5. The monoisotopic (exact) mass is 478 g/mol. The van der Waals surface area contributed by atoms with Gasteiger partial charge in [0.1, 0.15) is 17.3 Å². The minimum Gasteiger partial charge on any atom is -0.507 e. The van der Waals surface area contributed by atoms with E-state index in [0.717, 1.165) is 4.47 Å². The number of benzene rings is 2. The summed E-state index contributed by atoms with van der Waals surface area (Å²) in [4.78, 5) is 31.7. The molecule has 3 aromatic rings. The molecule has 1 amide bonds. The number of carbonyl (C=O) groups excluding carboxylic acids is 2. The largest absolute Gasteiger partial charge is 0.507 e. The van der Waals surface area contributed by atoms with Crippen LogP contribution in [0.3, 0.4) is 0 Å². The van der Waals surface area contributed by atoms with Crippen molar-refractivity contribution in [1.29, 1.82) is 0 Å². The van der Waals surface area contributed by atoms with Crippen molar-refractivity contribution in [1.82, 2.24) is 4.98 Å². The van der Waals surface area contributed by atoms with Crippen molar-refractivity contribution >= 4 is 39.2 Å². The molecule has 1 aliphatic heterocycles. The van der Waals surface area contributed by atoms with Gasteiger partial charge in [-0.3, -0.25) is 14.5 Å². The molecule has 0 spiro atoms. The molecule has 4 rings (SSSR count).